The summed E-state index contributed by atoms with van der Waals surface area (Å²) in [6, 6.07) is 4.05. The third-order valence-electron chi connectivity index (χ3n) is 2.84. The summed E-state index contributed by atoms with van der Waals surface area (Å²) in [5, 5.41) is 2.94. The van der Waals surface area contributed by atoms with Gasteiger partial charge in [-0.15, -0.1) is 0 Å². The van der Waals surface area contributed by atoms with Crippen LogP contribution in [0.3, 0.4) is 0 Å². The summed E-state index contributed by atoms with van der Waals surface area (Å²) in [6.45, 7) is 2.03. The molecule has 0 aliphatic rings. The molecule has 1 aromatic carbocycles. The number of hydrogen-bond donors (Lipinski definition) is 2. The van der Waals surface area contributed by atoms with Gasteiger partial charge in [-0.3, -0.25) is 4.79 Å². The van der Waals surface area contributed by atoms with E-state index in [4.69, 9.17) is 17.3 Å². The summed E-state index contributed by atoms with van der Waals surface area (Å²) in [5.74, 6) is -0.835. The van der Waals surface area contributed by atoms with Crippen molar-refractivity contribution in [2.45, 2.75) is 32.2 Å². The molecule has 0 saturated carbocycles. The lowest BCUT2D eigenvalue weighted by molar-refractivity contribution is -0.117. The average Bonchev–Trinajstić information content (AvgIpc) is 2.45. The van der Waals surface area contributed by atoms with Crippen molar-refractivity contribution in [3.63, 3.8) is 0 Å². The first-order valence-electron chi connectivity index (χ1n) is 6.44. The van der Waals surface area contributed by atoms with Gasteiger partial charge in [0.15, 0.2) is 0 Å². The van der Waals surface area contributed by atoms with Crippen molar-refractivity contribution in [2.24, 2.45) is 5.73 Å². The van der Waals surface area contributed by atoms with Crippen LogP contribution in [0, 0.1) is 0 Å². The molecule has 0 saturated heterocycles. The van der Waals surface area contributed by atoms with E-state index in [0.29, 0.717) is 12.1 Å². The minimum atomic E-state index is -0.563. The highest BCUT2D eigenvalue weighted by molar-refractivity contribution is 6.33. The number of anilines is 1. The Labute approximate surface area is 123 Å². The molecule has 3 N–H and O–H groups in total. The maximum Gasteiger partial charge on any atom is 0.339 e. The zero-order chi connectivity index (χ0) is 15.1. The second-order valence-corrected chi connectivity index (χ2v) is 4.83. The SMILES string of the molecule is CCCCC(N)C(=O)Nc1ccc(Cl)c(C(=O)OC)c1. The van der Waals surface area contributed by atoms with E-state index >= 15 is 0 Å². The van der Waals surface area contributed by atoms with Crippen LogP contribution in [0.25, 0.3) is 0 Å². The Morgan fingerprint density at radius 1 is 1.45 bits per heavy atom. The van der Waals surface area contributed by atoms with Crippen molar-refractivity contribution in [2.75, 3.05) is 12.4 Å². The van der Waals surface area contributed by atoms with Crippen molar-refractivity contribution >= 4 is 29.2 Å². The Bertz CT molecular complexity index is 491. The van der Waals surface area contributed by atoms with E-state index in [0.717, 1.165) is 12.8 Å². The van der Waals surface area contributed by atoms with Crippen LogP contribution < -0.4 is 11.1 Å². The van der Waals surface area contributed by atoms with Crippen molar-refractivity contribution in [1.82, 2.24) is 0 Å². The van der Waals surface area contributed by atoms with Gasteiger partial charge in [0.1, 0.15) is 0 Å². The first-order chi connectivity index (χ1) is 9.49. The van der Waals surface area contributed by atoms with E-state index in [1.165, 1.54) is 19.2 Å². The lowest BCUT2D eigenvalue weighted by atomic mass is 10.1. The molecule has 0 aliphatic heterocycles. The second kappa shape index (κ2) is 7.87. The quantitative estimate of drug-likeness (QED) is 0.791. The van der Waals surface area contributed by atoms with Crippen LogP contribution in [0.4, 0.5) is 5.69 Å². The number of ether oxygens (including phenoxy) is 1. The molecule has 0 heterocycles. The minimum Gasteiger partial charge on any atom is -0.465 e. The highest BCUT2D eigenvalue weighted by atomic mass is 35.5. The average molecular weight is 299 g/mol. The number of carbonyl (C=O) groups excluding carboxylic acids is 2. The summed E-state index contributed by atoms with van der Waals surface area (Å²) < 4.78 is 4.62. The molecule has 1 atom stereocenters. The molecule has 0 fully saturated rings. The van der Waals surface area contributed by atoms with E-state index < -0.39 is 12.0 Å². The first kappa shape index (κ1) is 16.5. The topological polar surface area (TPSA) is 81.4 Å². The number of methoxy groups -OCH3 is 1. The molecule has 1 amide bonds. The number of amides is 1. The van der Waals surface area contributed by atoms with Gasteiger partial charge in [0.25, 0.3) is 0 Å². The van der Waals surface area contributed by atoms with E-state index in [2.05, 4.69) is 10.1 Å². The largest absolute Gasteiger partial charge is 0.465 e. The smallest absolute Gasteiger partial charge is 0.339 e. The van der Waals surface area contributed by atoms with Crippen LogP contribution >= 0.6 is 11.6 Å². The van der Waals surface area contributed by atoms with Gasteiger partial charge >= 0.3 is 5.97 Å². The van der Waals surface area contributed by atoms with Crippen LogP contribution in [0.5, 0.6) is 0 Å². The first-order valence-corrected chi connectivity index (χ1v) is 6.81. The van der Waals surface area contributed by atoms with E-state index in [1.807, 2.05) is 6.92 Å². The van der Waals surface area contributed by atoms with E-state index in [9.17, 15) is 9.59 Å². The summed E-state index contributed by atoms with van der Waals surface area (Å²) >= 11 is 5.90. The maximum atomic E-state index is 11.9. The van der Waals surface area contributed by atoms with Gasteiger partial charge in [-0.05, 0) is 24.6 Å². The van der Waals surface area contributed by atoms with E-state index in [-0.39, 0.29) is 16.5 Å². The van der Waals surface area contributed by atoms with Crippen molar-refractivity contribution in [1.29, 1.82) is 0 Å². The number of rotatable bonds is 6. The van der Waals surface area contributed by atoms with Crippen LogP contribution in [-0.2, 0) is 9.53 Å². The molecule has 1 rings (SSSR count). The standard InChI is InChI=1S/C14H19ClN2O3/c1-3-4-5-12(16)13(18)17-9-6-7-11(15)10(8-9)14(19)20-2/h6-8,12H,3-5,16H2,1-2H3,(H,17,18). The van der Waals surface area contributed by atoms with Crippen LogP contribution in [0.2, 0.25) is 5.02 Å². The van der Waals surface area contributed by atoms with Gasteiger partial charge in [-0.1, -0.05) is 31.4 Å². The number of benzene rings is 1. The molecular formula is C14H19ClN2O3. The molecule has 6 heteroatoms. The number of hydrogen-bond acceptors (Lipinski definition) is 4. The fourth-order valence-electron chi connectivity index (χ4n) is 1.66. The van der Waals surface area contributed by atoms with Gasteiger partial charge in [-0.25, -0.2) is 4.79 Å². The van der Waals surface area contributed by atoms with Gasteiger partial charge in [-0.2, -0.15) is 0 Å². The summed E-state index contributed by atoms with van der Waals surface area (Å²) in [6.07, 6.45) is 2.50. The zero-order valence-electron chi connectivity index (χ0n) is 11.6. The number of esters is 1. The molecule has 0 spiro atoms. The highest BCUT2D eigenvalue weighted by Crippen LogP contribution is 2.21. The number of unbranched alkanes of at least 4 members (excludes halogenated alkanes) is 1. The minimum absolute atomic E-state index is 0.203. The third kappa shape index (κ3) is 4.51. The summed E-state index contributed by atoms with van der Waals surface area (Å²) in [4.78, 5) is 23.4. The molecule has 110 valence electrons. The molecule has 20 heavy (non-hydrogen) atoms. The van der Waals surface area contributed by atoms with Gasteiger partial charge < -0.3 is 15.8 Å². The predicted molar refractivity (Wildman–Crippen MR) is 78.9 cm³/mol. The van der Waals surface area contributed by atoms with Gasteiger partial charge in [0, 0.05) is 5.69 Å². The highest BCUT2D eigenvalue weighted by Gasteiger charge is 2.15. The van der Waals surface area contributed by atoms with Gasteiger partial charge in [0.05, 0.1) is 23.7 Å². The number of carbonyl (C=O) groups is 2. The van der Waals surface area contributed by atoms with Gasteiger partial charge in [0.2, 0.25) is 5.91 Å². The number of halogens is 1. The Kier molecular flexibility index (Phi) is 6.48. The van der Waals surface area contributed by atoms with Crippen molar-refractivity contribution < 1.29 is 14.3 Å². The lowest BCUT2D eigenvalue weighted by Gasteiger charge is -2.12. The fraction of sp³-hybridized carbons (Fsp3) is 0.429. The molecule has 1 aromatic rings. The Hall–Kier alpha value is -1.59. The van der Waals surface area contributed by atoms with Crippen molar-refractivity contribution in [3.05, 3.63) is 28.8 Å². The Balaban J connectivity index is 2.78. The molecule has 0 aliphatic carbocycles. The van der Waals surface area contributed by atoms with Crippen LogP contribution in [0.15, 0.2) is 18.2 Å². The van der Waals surface area contributed by atoms with Crippen molar-refractivity contribution in [3.8, 4) is 0 Å². The Morgan fingerprint density at radius 2 is 2.15 bits per heavy atom. The number of nitrogens with one attached hydrogen (secondary N) is 1. The van der Waals surface area contributed by atoms with Crippen LogP contribution in [0.1, 0.15) is 36.5 Å². The third-order valence-corrected chi connectivity index (χ3v) is 3.17. The lowest BCUT2D eigenvalue weighted by Crippen LogP contribution is -2.35. The van der Waals surface area contributed by atoms with E-state index in [1.54, 1.807) is 6.07 Å². The second-order valence-electron chi connectivity index (χ2n) is 4.42. The number of nitrogens with two attached hydrogens (primary N) is 1. The molecule has 5 nitrogen and oxygen atoms in total. The Morgan fingerprint density at radius 3 is 2.75 bits per heavy atom. The maximum absolute atomic E-state index is 11.9. The monoisotopic (exact) mass is 298 g/mol. The zero-order valence-corrected chi connectivity index (χ0v) is 12.4. The summed E-state index contributed by atoms with van der Waals surface area (Å²) in [7, 11) is 1.27. The predicted octanol–water partition coefficient (Wildman–Crippen LogP) is 2.58. The fourth-order valence-corrected chi connectivity index (χ4v) is 1.85. The molecule has 0 aromatic heterocycles. The molecule has 0 radical (unpaired) electrons. The normalized spacial score (nSPS) is 11.8. The molecular weight excluding hydrogens is 280 g/mol. The molecule has 1 unspecified atom stereocenters. The summed E-state index contributed by atoms with van der Waals surface area (Å²) in [5.41, 5.74) is 6.44. The molecule has 0 bridgehead atoms. The van der Waals surface area contributed by atoms with Crippen LogP contribution in [-0.4, -0.2) is 25.0 Å².